The van der Waals surface area contributed by atoms with Crippen molar-refractivity contribution in [3.8, 4) is 28.3 Å². The third kappa shape index (κ3) is 2.52. The molecule has 5 heteroatoms. The molecule has 27 heavy (non-hydrogen) atoms. The van der Waals surface area contributed by atoms with E-state index in [2.05, 4.69) is 27.2 Å². The summed E-state index contributed by atoms with van der Waals surface area (Å²) in [6, 6.07) is 19.6. The van der Waals surface area contributed by atoms with Crippen LogP contribution in [0.5, 0.6) is 0 Å². The van der Waals surface area contributed by atoms with E-state index in [9.17, 15) is 0 Å². The monoisotopic (exact) mass is 347 g/mol. The Morgan fingerprint density at radius 3 is 2.52 bits per heavy atom. The summed E-state index contributed by atoms with van der Waals surface area (Å²) in [5, 5.41) is 14.5. The lowest BCUT2D eigenvalue weighted by Crippen LogP contribution is -1.92. The number of hydrogen-bond donors (Lipinski definition) is 0. The summed E-state index contributed by atoms with van der Waals surface area (Å²) >= 11 is 0. The van der Waals surface area contributed by atoms with Crippen LogP contribution in [0.4, 0.5) is 0 Å². The lowest BCUT2D eigenvalue weighted by molar-refractivity contribution is 0.941. The Balaban J connectivity index is 1.64. The van der Waals surface area contributed by atoms with Crippen LogP contribution in [0, 0.1) is 11.3 Å². The molecule has 0 bridgehead atoms. The zero-order valence-corrected chi connectivity index (χ0v) is 14.2. The van der Waals surface area contributed by atoms with E-state index >= 15 is 0 Å². The van der Waals surface area contributed by atoms with Crippen molar-refractivity contribution in [3.63, 3.8) is 0 Å². The number of pyridine rings is 1. The summed E-state index contributed by atoms with van der Waals surface area (Å²) in [5.74, 6) is 0. The minimum absolute atomic E-state index is 0.638. The third-order valence-electron chi connectivity index (χ3n) is 4.64. The van der Waals surface area contributed by atoms with Gasteiger partial charge in [0.05, 0.1) is 23.3 Å². The SMILES string of the molecule is N#Cc1ccc(-c2cnc3c(-c4ccnc5ccccc45)cnn3c2)cc1. The van der Waals surface area contributed by atoms with E-state index in [4.69, 9.17) is 5.26 Å². The lowest BCUT2D eigenvalue weighted by Gasteiger charge is -2.05. The molecular weight excluding hydrogens is 334 g/mol. The van der Waals surface area contributed by atoms with Gasteiger partial charge in [0.25, 0.3) is 0 Å². The first-order valence-electron chi connectivity index (χ1n) is 8.51. The fourth-order valence-corrected chi connectivity index (χ4v) is 3.28. The molecule has 0 N–H and O–H groups in total. The molecule has 0 amide bonds. The van der Waals surface area contributed by atoms with Gasteiger partial charge in [0.15, 0.2) is 5.65 Å². The molecule has 2 aromatic carbocycles. The van der Waals surface area contributed by atoms with Gasteiger partial charge in [-0.1, -0.05) is 30.3 Å². The number of rotatable bonds is 2. The highest BCUT2D eigenvalue weighted by atomic mass is 15.2. The Labute approximate surface area is 155 Å². The highest BCUT2D eigenvalue weighted by Gasteiger charge is 2.12. The summed E-state index contributed by atoms with van der Waals surface area (Å²) in [5.41, 5.74) is 6.36. The van der Waals surface area contributed by atoms with Gasteiger partial charge < -0.3 is 0 Å². The Morgan fingerprint density at radius 1 is 0.815 bits per heavy atom. The second-order valence-electron chi connectivity index (χ2n) is 6.23. The molecule has 0 saturated carbocycles. The van der Waals surface area contributed by atoms with Crippen LogP contribution in [0.1, 0.15) is 5.56 Å². The maximum Gasteiger partial charge on any atom is 0.162 e. The first-order chi connectivity index (χ1) is 13.3. The Kier molecular flexibility index (Phi) is 3.41. The second kappa shape index (κ2) is 6.04. The zero-order chi connectivity index (χ0) is 18.2. The molecular formula is C22H13N5. The van der Waals surface area contributed by atoms with E-state index in [0.717, 1.165) is 38.8 Å². The minimum Gasteiger partial charge on any atom is -0.256 e. The Bertz CT molecular complexity index is 1320. The number of nitrogens with zero attached hydrogens (tertiary/aromatic N) is 5. The van der Waals surface area contributed by atoms with Gasteiger partial charge in [0.1, 0.15) is 0 Å². The molecule has 0 spiro atoms. The van der Waals surface area contributed by atoms with Crippen LogP contribution < -0.4 is 0 Å². The molecule has 0 radical (unpaired) electrons. The number of nitriles is 1. The van der Waals surface area contributed by atoms with Gasteiger partial charge in [-0.25, -0.2) is 9.50 Å². The summed E-state index contributed by atoms with van der Waals surface area (Å²) in [7, 11) is 0. The fourth-order valence-electron chi connectivity index (χ4n) is 3.28. The van der Waals surface area contributed by atoms with Gasteiger partial charge >= 0.3 is 0 Å². The van der Waals surface area contributed by atoms with E-state index in [0.29, 0.717) is 5.56 Å². The summed E-state index contributed by atoms with van der Waals surface area (Å²) in [6.45, 7) is 0. The fraction of sp³-hybridized carbons (Fsp3) is 0. The molecule has 0 aliphatic carbocycles. The van der Waals surface area contributed by atoms with Gasteiger partial charge in [-0.3, -0.25) is 4.98 Å². The van der Waals surface area contributed by atoms with Crippen molar-refractivity contribution in [1.82, 2.24) is 19.6 Å². The van der Waals surface area contributed by atoms with Gasteiger partial charge in [-0.05, 0) is 35.4 Å². The number of hydrogen-bond acceptors (Lipinski definition) is 4. The topological polar surface area (TPSA) is 66.9 Å². The quantitative estimate of drug-likeness (QED) is 0.472. The second-order valence-corrected chi connectivity index (χ2v) is 6.23. The van der Waals surface area contributed by atoms with Crippen LogP contribution in [0.3, 0.4) is 0 Å². The molecule has 5 aromatic rings. The van der Waals surface area contributed by atoms with E-state index in [1.807, 2.05) is 61.2 Å². The first-order valence-corrected chi connectivity index (χ1v) is 8.51. The summed E-state index contributed by atoms with van der Waals surface area (Å²) in [4.78, 5) is 9.09. The van der Waals surface area contributed by atoms with Crippen LogP contribution in [0.2, 0.25) is 0 Å². The predicted molar refractivity (Wildman–Crippen MR) is 104 cm³/mol. The Hall–Kier alpha value is -4.04. The standard InChI is InChI=1S/C22H13N5/c23-11-15-5-7-16(8-6-15)17-12-25-22-20(13-26-27(22)14-17)18-9-10-24-21-4-2-1-3-19(18)21/h1-10,12-14H. The normalized spacial score (nSPS) is 10.9. The number of para-hydroxylation sites is 1. The highest BCUT2D eigenvalue weighted by molar-refractivity contribution is 5.97. The predicted octanol–water partition coefficient (Wildman–Crippen LogP) is 4.48. The first kappa shape index (κ1) is 15.2. The highest BCUT2D eigenvalue weighted by Crippen LogP contribution is 2.30. The smallest absolute Gasteiger partial charge is 0.162 e. The maximum atomic E-state index is 8.95. The average Bonchev–Trinajstić information content (AvgIpc) is 3.16. The van der Waals surface area contributed by atoms with Crippen molar-refractivity contribution in [1.29, 1.82) is 5.26 Å². The van der Waals surface area contributed by atoms with Gasteiger partial charge in [-0.15, -0.1) is 0 Å². The molecule has 126 valence electrons. The molecule has 0 fully saturated rings. The van der Waals surface area contributed by atoms with Gasteiger partial charge in [0, 0.05) is 35.1 Å². The van der Waals surface area contributed by atoms with E-state index in [1.165, 1.54) is 0 Å². The molecule has 0 atom stereocenters. The molecule has 3 aromatic heterocycles. The van der Waals surface area contributed by atoms with Crippen LogP contribution in [0.15, 0.2) is 79.4 Å². The van der Waals surface area contributed by atoms with Crippen LogP contribution in [-0.2, 0) is 0 Å². The molecule has 0 aliphatic rings. The van der Waals surface area contributed by atoms with Crippen molar-refractivity contribution in [2.45, 2.75) is 0 Å². The molecule has 0 aliphatic heterocycles. The van der Waals surface area contributed by atoms with E-state index in [-0.39, 0.29) is 0 Å². The molecule has 5 rings (SSSR count). The minimum atomic E-state index is 0.638. The lowest BCUT2D eigenvalue weighted by atomic mass is 10.0. The van der Waals surface area contributed by atoms with Crippen molar-refractivity contribution in [2.75, 3.05) is 0 Å². The van der Waals surface area contributed by atoms with Crippen molar-refractivity contribution < 1.29 is 0 Å². The number of benzene rings is 2. The summed E-state index contributed by atoms with van der Waals surface area (Å²) < 4.78 is 1.79. The van der Waals surface area contributed by atoms with Crippen molar-refractivity contribution in [2.24, 2.45) is 0 Å². The molecule has 0 saturated heterocycles. The van der Waals surface area contributed by atoms with E-state index in [1.54, 1.807) is 16.6 Å². The maximum absolute atomic E-state index is 8.95. The largest absolute Gasteiger partial charge is 0.256 e. The molecule has 3 heterocycles. The van der Waals surface area contributed by atoms with Crippen LogP contribution in [0.25, 0.3) is 38.8 Å². The summed E-state index contributed by atoms with van der Waals surface area (Å²) in [6.07, 6.45) is 7.45. The zero-order valence-electron chi connectivity index (χ0n) is 14.2. The molecule has 5 nitrogen and oxygen atoms in total. The van der Waals surface area contributed by atoms with Crippen molar-refractivity contribution >= 4 is 16.6 Å². The Morgan fingerprint density at radius 2 is 1.67 bits per heavy atom. The van der Waals surface area contributed by atoms with Crippen LogP contribution in [-0.4, -0.2) is 19.6 Å². The van der Waals surface area contributed by atoms with Gasteiger partial charge in [-0.2, -0.15) is 10.4 Å². The third-order valence-corrected chi connectivity index (χ3v) is 4.64. The van der Waals surface area contributed by atoms with Crippen molar-refractivity contribution in [3.05, 3.63) is 84.9 Å². The molecule has 0 unspecified atom stereocenters. The average molecular weight is 347 g/mol. The van der Waals surface area contributed by atoms with E-state index < -0.39 is 0 Å². The number of fused-ring (bicyclic) bond motifs is 2. The van der Waals surface area contributed by atoms with Crippen LogP contribution >= 0.6 is 0 Å². The van der Waals surface area contributed by atoms with Gasteiger partial charge in [0.2, 0.25) is 0 Å². The number of aromatic nitrogens is 4.